The van der Waals surface area contributed by atoms with Crippen LogP contribution in [-0.4, -0.2) is 26.5 Å². The Morgan fingerprint density at radius 3 is 2.70 bits per heavy atom. The standard InChI is InChI=1S/C23H27N5O2/c1-5-28-15(4)16(12-25-28)21-20(23(30)27-19-10-9-13(2)11-24-19)14(3)26-17-7-6-8-18(29)22(17)21/h9-12,21,26H,5-8H2,1-4H3,(H,24,27,30)/t21-/m1/s1. The molecule has 1 amide bonds. The molecule has 0 saturated heterocycles. The Kier molecular flexibility index (Phi) is 5.28. The van der Waals surface area contributed by atoms with Crippen LogP contribution in [0.25, 0.3) is 0 Å². The zero-order valence-corrected chi connectivity index (χ0v) is 17.9. The van der Waals surface area contributed by atoms with Gasteiger partial charge in [-0.3, -0.25) is 14.3 Å². The Hall–Kier alpha value is -3.22. The number of rotatable bonds is 4. The van der Waals surface area contributed by atoms with Crippen molar-refractivity contribution in [1.82, 2.24) is 20.1 Å². The van der Waals surface area contributed by atoms with E-state index in [1.165, 1.54) is 0 Å². The molecule has 0 fully saturated rings. The van der Waals surface area contributed by atoms with Gasteiger partial charge in [0, 0.05) is 58.9 Å². The number of pyridine rings is 1. The van der Waals surface area contributed by atoms with Crippen LogP contribution in [0.15, 0.2) is 47.1 Å². The second kappa shape index (κ2) is 7.89. The minimum atomic E-state index is -0.431. The highest BCUT2D eigenvalue weighted by Gasteiger charge is 2.39. The largest absolute Gasteiger partial charge is 0.362 e. The number of amides is 1. The van der Waals surface area contributed by atoms with Crippen molar-refractivity contribution >= 4 is 17.5 Å². The average molecular weight is 406 g/mol. The molecule has 0 radical (unpaired) electrons. The summed E-state index contributed by atoms with van der Waals surface area (Å²) in [6.07, 6.45) is 5.66. The fraction of sp³-hybridized carbons (Fsp3) is 0.391. The van der Waals surface area contributed by atoms with Gasteiger partial charge in [0.15, 0.2) is 5.78 Å². The van der Waals surface area contributed by atoms with Crippen molar-refractivity contribution in [3.05, 3.63) is 63.9 Å². The number of aromatic nitrogens is 3. The van der Waals surface area contributed by atoms with Crippen LogP contribution in [-0.2, 0) is 16.1 Å². The number of anilines is 1. The van der Waals surface area contributed by atoms with Gasteiger partial charge in [-0.15, -0.1) is 0 Å². The van der Waals surface area contributed by atoms with Crippen molar-refractivity contribution in [1.29, 1.82) is 0 Å². The predicted octanol–water partition coefficient (Wildman–Crippen LogP) is 3.52. The van der Waals surface area contributed by atoms with Crippen molar-refractivity contribution in [2.75, 3.05) is 5.32 Å². The number of Topliss-reactive ketones (excluding diaryl/α,β-unsaturated/α-hetero) is 1. The first-order chi connectivity index (χ1) is 14.4. The molecule has 2 aromatic heterocycles. The van der Waals surface area contributed by atoms with E-state index >= 15 is 0 Å². The fourth-order valence-electron chi connectivity index (χ4n) is 4.38. The van der Waals surface area contributed by atoms with Gasteiger partial charge in [-0.2, -0.15) is 5.10 Å². The summed E-state index contributed by atoms with van der Waals surface area (Å²) in [4.78, 5) is 30.7. The quantitative estimate of drug-likeness (QED) is 0.812. The molecule has 1 aliphatic heterocycles. The van der Waals surface area contributed by atoms with Gasteiger partial charge >= 0.3 is 0 Å². The number of nitrogens with zero attached hydrogens (tertiary/aromatic N) is 3. The van der Waals surface area contributed by atoms with Gasteiger partial charge in [0.2, 0.25) is 0 Å². The summed E-state index contributed by atoms with van der Waals surface area (Å²) in [7, 11) is 0. The summed E-state index contributed by atoms with van der Waals surface area (Å²) in [6, 6.07) is 3.69. The zero-order chi connectivity index (χ0) is 21.4. The number of allylic oxidation sites excluding steroid dienone is 3. The van der Waals surface area contributed by atoms with E-state index in [1.807, 2.05) is 38.4 Å². The van der Waals surface area contributed by atoms with Crippen LogP contribution in [0.2, 0.25) is 0 Å². The van der Waals surface area contributed by atoms with Gasteiger partial charge in [0.1, 0.15) is 5.82 Å². The van der Waals surface area contributed by atoms with E-state index in [0.29, 0.717) is 23.4 Å². The van der Waals surface area contributed by atoms with E-state index < -0.39 is 5.92 Å². The third-order valence-corrected chi connectivity index (χ3v) is 5.93. The average Bonchev–Trinajstić information content (AvgIpc) is 3.09. The lowest BCUT2D eigenvalue weighted by molar-refractivity contribution is -0.116. The Bertz CT molecular complexity index is 1080. The number of hydrogen-bond acceptors (Lipinski definition) is 5. The van der Waals surface area contributed by atoms with Crippen LogP contribution in [0.1, 0.15) is 55.8 Å². The highest BCUT2D eigenvalue weighted by atomic mass is 16.2. The van der Waals surface area contributed by atoms with Gasteiger partial charge in [0.25, 0.3) is 5.91 Å². The number of aryl methyl sites for hydroxylation is 2. The van der Waals surface area contributed by atoms with Crippen LogP contribution in [0.4, 0.5) is 5.82 Å². The highest BCUT2D eigenvalue weighted by molar-refractivity contribution is 6.09. The van der Waals surface area contributed by atoms with Crippen molar-refractivity contribution in [2.45, 2.75) is 59.4 Å². The Morgan fingerprint density at radius 2 is 2.03 bits per heavy atom. The van der Waals surface area contributed by atoms with E-state index in [1.54, 1.807) is 18.5 Å². The summed E-state index contributed by atoms with van der Waals surface area (Å²) in [6.45, 7) is 8.60. The van der Waals surface area contributed by atoms with Crippen molar-refractivity contribution in [2.24, 2.45) is 0 Å². The van der Waals surface area contributed by atoms with E-state index in [9.17, 15) is 9.59 Å². The van der Waals surface area contributed by atoms with Crippen molar-refractivity contribution in [3.63, 3.8) is 0 Å². The summed E-state index contributed by atoms with van der Waals surface area (Å²) in [5.74, 6) is -0.0984. The van der Waals surface area contributed by atoms with Gasteiger partial charge in [-0.25, -0.2) is 4.98 Å². The molecule has 0 spiro atoms. The second-order valence-corrected chi connectivity index (χ2v) is 7.94. The predicted molar refractivity (Wildman–Crippen MR) is 115 cm³/mol. The molecule has 0 bridgehead atoms. The molecule has 3 heterocycles. The molecular weight excluding hydrogens is 378 g/mol. The second-order valence-electron chi connectivity index (χ2n) is 7.94. The fourth-order valence-corrected chi connectivity index (χ4v) is 4.38. The van der Waals surface area contributed by atoms with Gasteiger partial charge in [-0.1, -0.05) is 6.07 Å². The third-order valence-electron chi connectivity index (χ3n) is 5.93. The number of carbonyl (C=O) groups excluding carboxylic acids is 2. The monoisotopic (exact) mass is 405 g/mol. The lowest BCUT2D eigenvalue weighted by Gasteiger charge is -2.34. The molecule has 2 N–H and O–H groups in total. The molecule has 0 unspecified atom stereocenters. The van der Waals surface area contributed by atoms with Crippen molar-refractivity contribution in [3.8, 4) is 0 Å². The summed E-state index contributed by atoms with van der Waals surface area (Å²) in [5, 5.41) is 10.7. The molecule has 1 aliphatic carbocycles. The zero-order valence-electron chi connectivity index (χ0n) is 17.9. The summed E-state index contributed by atoms with van der Waals surface area (Å²) in [5.41, 5.74) is 5.84. The molecule has 7 nitrogen and oxygen atoms in total. The van der Waals surface area contributed by atoms with Crippen LogP contribution < -0.4 is 10.6 Å². The summed E-state index contributed by atoms with van der Waals surface area (Å²) < 4.78 is 1.90. The maximum absolute atomic E-state index is 13.4. The topological polar surface area (TPSA) is 88.9 Å². The molecule has 156 valence electrons. The maximum Gasteiger partial charge on any atom is 0.255 e. The Balaban J connectivity index is 1.80. The number of carbonyl (C=O) groups is 2. The van der Waals surface area contributed by atoms with E-state index in [4.69, 9.17) is 0 Å². The Morgan fingerprint density at radius 1 is 1.23 bits per heavy atom. The summed E-state index contributed by atoms with van der Waals surface area (Å²) >= 11 is 0. The van der Waals surface area contributed by atoms with Gasteiger partial charge in [0.05, 0.1) is 6.20 Å². The highest BCUT2D eigenvalue weighted by Crippen LogP contribution is 2.43. The molecular formula is C23H27N5O2. The molecule has 0 saturated carbocycles. The van der Waals surface area contributed by atoms with Gasteiger partial charge in [-0.05, 0) is 52.2 Å². The molecule has 2 aromatic rings. The molecule has 0 aromatic carbocycles. The first-order valence-corrected chi connectivity index (χ1v) is 10.4. The minimum absolute atomic E-state index is 0.101. The van der Waals surface area contributed by atoms with E-state index in [-0.39, 0.29) is 11.7 Å². The maximum atomic E-state index is 13.4. The lowest BCUT2D eigenvalue weighted by Crippen LogP contribution is -2.35. The first-order valence-electron chi connectivity index (χ1n) is 10.4. The first kappa shape index (κ1) is 20.1. The van der Waals surface area contributed by atoms with Crippen molar-refractivity contribution < 1.29 is 9.59 Å². The van der Waals surface area contributed by atoms with Crippen LogP contribution in [0, 0.1) is 13.8 Å². The number of nitrogens with one attached hydrogen (secondary N) is 2. The van der Waals surface area contributed by atoms with E-state index in [0.717, 1.165) is 47.6 Å². The molecule has 1 atom stereocenters. The van der Waals surface area contributed by atoms with E-state index in [2.05, 4.69) is 20.7 Å². The smallest absolute Gasteiger partial charge is 0.255 e. The Labute approximate surface area is 176 Å². The van der Waals surface area contributed by atoms with Gasteiger partial charge < -0.3 is 10.6 Å². The number of dihydropyridines is 1. The van der Waals surface area contributed by atoms with Crippen LogP contribution in [0.3, 0.4) is 0 Å². The van der Waals surface area contributed by atoms with Crippen LogP contribution >= 0.6 is 0 Å². The number of ketones is 1. The lowest BCUT2D eigenvalue weighted by atomic mass is 9.75. The molecule has 7 heteroatoms. The normalized spacial score (nSPS) is 18.9. The molecule has 2 aliphatic rings. The third kappa shape index (κ3) is 3.44. The van der Waals surface area contributed by atoms with Crippen LogP contribution in [0.5, 0.6) is 0 Å². The SMILES string of the molecule is CCn1ncc([C@@H]2C(C(=O)Nc3ccc(C)cn3)=C(C)NC3=C2C(=O)CCC3)c1C. The minimum Gasteiger partial charge on any atom is -0.362 e. The number of hydrogen-bond donors (Lipinski definition) is 2. The molecule has 4 rings (SSSR count). The molecule has 30 heavy (non-hydrogen) atoms.